The maximum Gasteiger partial charge on any atom is 0.373 e. The molecule has 1 fully saturated rings. The number of ether oxygens (including phenoxy) is 2. The van der Waals surface area contributed by atoms with Crippen molar-refractivity contribution in [2.45, 2.75) is 19.8 Å². The number of carbonyl (C=O) groups is 1. The molecule has 0 bridgehead atoms. The third-order valence-electron chi connectivity index (χ3n) is 4.32. The molecule has 0 N–H and O–H groups in total. The number of piperidine rings is 1. The highest BCUT2D eigenvalue weighted by Crippen LogP contribution is 2.37. The van der Waals surface area contributed by atoms with Gasteiger partial charge >= 0.3 is 17.5 Å². The van der Waals surface area contributed by atoms with E-state index in [4.69, 9.17) is 9.47 Å². The van der Waals surface area contributed by atoms with E-state index in [1.165, 1.54) is 6.33 Å². The molecule has 10 heteroatoms. The van der Waals surface area contributed by atoms with Gasteiger partial charge in [0.15, 0.2) is 0 Å². The first-order valence-corrected chi connectivity index (χ1v) is 9.63. The fourth-order valence-corrected chi connectivity index (χ4v) is 3.32. The van der Waals surface area contributed by atoms with E-state index in [2.05, 4.69) is 25.9 Å². The molecule has 0 amide bonds. The van der Waals surface area contributed by atoms with Crippen LogP contribution in [0.2, 0.25) is 0 Å². The number of nitrogens with zero attached hydrogens (tertiary/aromatic N) is 4. The van der Waals surface area contributed by atoms with Crippen LogP contribution in [0.1, 0.15) is 19.8 Å². The topological polar surface area (TPSA) is 108 Å². The summed E-state index contributed by atoms with van der Waals surface area (Å²) in [6, 6.07) is 6.87. The molecule has 1 aliphatic heterocycles. The van der Waals surface area contributed by atoms with Gasteiger partial charge in [0.2, 0.25) is 5.82 Å². The molecule has 1 aliphatic rings. The van der Waals surface area contributed by atoms with Crippen LogP contribution in [0.4, 0.5) is 11.5 Å². The van der Waals surface area contributed by atoms with Gasteiger partial charge in [-0.1, -0.05) is 15.9 Å². The minimum Gasteiger partial charge on any atom is -0.466 e. The highest BCUT2D eigenvalue weighted by atomic mass is 79.9. The van der Waals surface area contributed by atoms with Crippen molar-refractivity contribution in [1.29, 1.82) is 0 Å². The summed E-state index contributed by atoms with van der Waals surface area (Å²) in [4.78, 5) is 33.1. The molecular formula is C18H19BrN4O5. The second-order valence-corrected chi connectivity index (χ2v) is 7.12. The van der Waals surface area contributed by atoms with E-state index in [0.29, 0.717) is 38.3 Å². The zero-order valence-corrected chi connectivity index (χ0v) is 16.8. The molecule has 3 rings (SSSR count). The van der Waals surface area contributed by atoms with Crippen molar-refractivity contribution in [2.75, 3.05) is 24.6 Å². The second-order valence-electron chi connectivity index (χ2n) is 6.20. The highest BCUT2D eigenvalue weighted by molar-refractivity contribution is 9.10. The van der Waals surface area contributed by atoms with Gasteiger partial charge in [-0.3, -0.25) is 14.9 Å². The van der Waals surface area contributed by atoms with Crippen molar-refractivity contribution < 1.29 is 19.2 Å². The maximum atomic E-state index is 12.1. The first-order valence-electron chi connectivity index (χ1n) is 8.84. The Morgan fingerprint density at radius 3 is 2.79 bits per heavy atom. The number of halogens is 1. The third-order valence-corrected chi connectivity index (χ3v) is 4.85. The number of rotatable bonds is 6. The standard InChI is InChI=1S/C18H19BrN4O5/c1-2-27-18(24)12-4-3-9-22(10-12)16-15(23(25)26)17(21-11-20-16)28-14-7-5-13(19)6-8-14/h5-8,11-12H,2-4,9-10H2,1H3. The van der Waals surface area contributed by atoms with Crippen LogP contribution in [-0.2, 0) is 9.53 Å². The van der Waals surface area contributed by atoms with Crippen LogP contribution in [0, 0.1) is 16.0 Å². The number of aromatic nitrogens is 2. The Morgan fingerprint density at radius 2 is 2.11 bits per heavy atom. The zero-order chi connectivity index (χ0) is 20.1. The third kappa shape index (κ3) is 4.56. The van der Waals surface area contributed by atoms with Crippen molar-refractivity contribution in [1.82, 2.24) is 9.97 Å². The summed E-state index contributed by atoms with van der Waals surface area (Å²) >= 11 is 3.33. The lowest BCUT2D eigenvalue weighted by Crippen LogP contribution is -2.40. The predicted octanol–water partition coefficient (Wildman–Crippen LogP) is 3.72. The zero-order valence-electron chi connectivity index (χ0n) is 15.2. The van der Waals surface area contributed by atoms with E-state index in [-0.39, 0.29) is 29.3 Å². The molecule has 0 spiro atoms. The molecule has 0 radical (unpaired) electrons. The monoisotopic (exact) mass is 450 g/mol. The van der Waals surface area contributed by atoms with Crippen molar-refractivity contribution in [3.63, 3.8) is 0 Å². The molecule has 1 unspecified atom stereocenters. The highest BCUT2D eigenvalue weighted by Gasteiger charge is 2.34. The van der Waals surface area contributed by atoms with E-state index >= 15 is 0 Å². The van der Waals surface area contributed by atoms with E-state index in [1.807, 2.05) is 0 Å². The van der Waals surface area contributed by atoms with Crippen LogP contribution in [0.25, 0.3) is 0 Å². The van der Waals surface area contributed by atoms with Gasteiger partial charge in [-0.05, 0) is 44.0 Å². The number of carbonyl (C=O) groups excluding carboxylic acids is 1. The molecule has 2 aromatic rings. The fraction of sp³-hybridized carbons (Fsp3) is 0.389. The van der Waals surface area contributed by atoms with E-state index in [1.54, 1.807) is 36.1 Å². The summed E-state index contributed by atoms with van der Waals surface area (Å²) in [6.07, 6.45) is 2.61. The number of hydrogen-bond acceptors (Lipinski definition) is 8. The van der Waals surface area contributed by atoms with Crippen LogP contribution in [0.15, 0.2) is 35.1 Å². The predicted molar refractivity (Wildman–Crippen MR) is 104 cm³/mol. The normalized spacial score (nSPS) is 16.5. The van der Waals surface area contributed by atoms with Crippen LogP contribution >= 0.6 is 15.9 Å². The number of benzene rings is 1. The maximum absolute atomic E-state index is 12.1. The van der Waals surface area contributed by atoms with E-state index in [0.717, 1.165) is 4.47 Å². The lowest BCUT2D eigenvalue weighted by molar-refractivity contribution is -0.385. The van der Waals surface area contributed by atoms with Crippen LogP contribution < -0.4 is 9.64 Å². The van der Waals surface area contributed by atoms with Gasteiger partial charge in [-0.15, -0.1) is 0 Å². The minimum atomic E-state index is -0.558. The van der Waals surface area contributed by atoms with Gasteiger partial charge in [-0.2, -0.15) is 4.98 Å². The second kappa shape index (κ2) is 8.96. The molecule has 9 nitrogen and oxygen atoms in total. The Hall–Kier alpha value is -2.75. The first kappa shape index (κ1) is 20.0. The number of hydrogen-bond donors (Lipinski definition) is 0. The van der Waals surface area contributed by atoms with Crippen molar-refractivity contribution in [3.05, 3.63) is 45.2 Å². The summed E-state index contributed by atoms with van der Waals surface area (Å²) in [5.74, 6) is -0.231. The molecule has 0 saturated carbocycles. The number of anilines is 1. The summed E-state index contributed by atoms with van der Waals surface area (Å²) in [6.45, 7) is 2.90. The Bertz CT molecular complexity index is 862. The van der Waals surface area contributed by atoms with Gasteiger partial charge in [-0.25, -0.2) is 4.98 Å². The number of esters is 1. The fourth-order valence-electron chi connectivity index (χ4n) is 3.06. The van der Waals surface area contributed by atoms with Crippen molar-refractivity contribution in [2.24, 2.45) is 5.92 Å². The Labute approximate surface area is 170 Å². The van der Waals surface area contributed by atoms with Crippen molar-refractivity contribution >= 4 is 33.4 Å². The van der Waals surface area contributed by atoms with Crippen LogP contribution in [-0.4, -0.2) is 40.6 Å². The molecule has 148 valence electrons. The van der Waals surface area contributed by atoms with Crippen LogP contribution in [0.5, 0.6) is 11.6 Å². The van der Waals surface area contributed by atoms with Crippen LogP contribution in [0.3, 0.4) is 0 Å². The lowest BCUT2D eigenvalue weighted by Gasteiger charge is -2.31. The molecule has 28 heavy (non-hydrogen) atoms. The summed E-state index contributed by atoms with van der Waals surface area (Å²) in [5, 5.41) is 11.8. The Morgan fingerprint density at radius 1 is 1.36 bits per heavy atom. The average Bonchev–Trinajstić information content (AvgIpc) is 2.69. The van der Waals surface area contributed by atoms with Gasteiger partial charge in [0, 0.05) is 17.6 Å². The quantitative estimate of drug-likeness (QED) is 0.372. The minimum absolute atomic E-state index is 0.140. The molecule has 1 aromatic heterocycles. The van der Waals surface area contributed by atoms with Gasteiger partial charge in [0.05, 0.1) is 17.4 Å². The van der Waals surface area contributed by atoms with Crippen molar-refractivity contribution in [3.8, 4) is 11.6 Å². The molecule has 1 saturated heterocycles. The SMILES string of the molecule is CCOC(=O)C1CCCN(c2ncnc(Oc3ccc(Br)cc3)c2[N+](=O)[O-])C1. The summed E-state index contributed by atoms with van der Waals surface area (Å²) < 4.78 is 11.6. The Balaban J connectivity index is 1.89. The number of nitro groups is 1. The van der Waals surface area contributed by atoms with E-state index < -0.39 is 4.92 Å². The molecule has 2 heterocycles. The Kier molecular flexibility index (Phi) is 6.40. The average molecular weight is 451 g/mol. The largest absolute Gasteiger partial charge is 0.466 e. The lowest BCUT2D eigenvalue weighted by atomic mass is 9.98. The molecular weight excluding hydrogens is 432 g/mol. The molecule has 1 atom stereocenters. The summed E-state index contributed by atoms with van der Waals surface area (Å²) in [5.41, 5.74) is -0.324. The van der Waals surface area contributed by atoms with Gasteiger partial charge in [0.1, 0.15) is 12.1 Å². The van der Waals surface area contributed by atoms with E-state index in [9.17, 15) is 14.9 Å². The van der Waals surface area contributed by atoms with Gasteiger partial charge in [0.25, 0.3) is 0 Å². The summed E-state index contributed by atoms with van der Waals surface area (Å²) in [7, 11) is 0. The smallest absolute Gasteiger partial charge is 0.373 e. The first-order chi connectivity index (χ1) is 13.5. The molecule has 1 aromatic carbocycles. The van der Waals surface area contributed by atoms with Gasteiger partial charge < -0.3 is 14.4 Å². The molecule has 0 aliphatic carbocycles.